The molecule has 3 N–H and O–H groups in total. The first-order chi connectivity index (χ1) is 5.68. The third-order valence-corrected chi connectivity index (χ3v) is 1.55. The minimum Gasteiger partial charge on any atom is -0.369 e. The van der Waals surface area contributed by atoms with Crippen LogP contribution in [0.25, 0.3) is 0 Å². The summed E-state index contributed by atoms with van der Waals surface area (Å²) in [6.07, 6.45) is -0.334. The molecule has 0 saturated heterocycles. The molecule has 1 aromatic rings. The van der Waals surface area contributed by atoms with Gasteiger partial charge < -0.3 is 11.1 Å². The predicted octanol–water partition coefficient (Wildman–Crippen LogP) is -0.648. The predicted molar refractivity (Wildman–Crippen MR) is 42.4 cm³/mol. The van der Waals surface area contributed by atoms with Crippen molar-refractivity contribution < 1.29 is 9.59 Å². The third kappa shape index (κ3) is 2.62. The number of aromatic nitrogens is 2. The van der Waals surface area contributed by atoms with Crippen molar-refractivity contribution in [3.8, 4) is 0 Å². The molecular weight excluding hydrogens is 180 g/mol. The number of nitrogens with two attached hydrogens (primary N) is 1. The SMILES string of the molecule is NC(=O)CC(=O)Nc1nncs1. The van der Waals surface area contributed by atoms with Gasteiger partial charge in [0.15, 0.2) is 0 Å². The van der Waals surface area contributed by atoms with Crippen molar-refractivity contribution in [3.05, 3.63) is 5.51 Å². The van der Waals surface area contributed by atoms with Crippen molar-refractivity contribution in [1.82, 2.24) is 10.2 Å². The minimum absolute atomic E-state index is 0.334. The molecular formula is C5H6N4O2S. The van der Waals surface area contributed by atoms with E-state index in [-0.39, 0.29) is 6.42 Å². The molecule has 1 aromatic heterocycles. The van der Waals surface area contributed by atoms with E-state index in [1.54, 1.807) is 0 Å². The number of anilines is 1. The second-order valence-corrected chi connectivity index (χ2v) is 2.77. The fourth-order valence-corrected chi connectivity index (χ4v) is 1.01. The number of carbonyl (C=O) groups is 2. The van der Waals surface area contributed by atoms with E-state index in [0.717, 1.165) is 0 Å². The average molecular weight is 186 g/mol. The van der Waals surface area contributed by atoms with Crippen LogP contribution >= 0.6 is 11.3 Å². The second kappa shape index (κ2) is 3.77. The molecule has 1 heterocycles. The van der Waals surface area contributed by atoms with Gasteiger partial charge in [-0.25, -0.2) is 0 Å². The van der Waals surface area contributed by atoms with Crippen molar-refractivity contribution in [2.24, 2.45) is 5.73 Å². The lowest BCUT2D eigenvalue weighted by molar-refractivity contribution is -0.124. The molecule has 0 aliphatic carbocycles. The number of rotatable bonds is 3. The lowest BCUT2D eigenvalue weighted by Crippen LogP contribution is -2.21. The van der Waals surface area contributed by atoms with Crippen molar-refractivity contribution in [2.45, 2.75) is 6.42 Å². The zero-order valence-corrected chi connectivity index (χ0v) is 6.80. The van der Waals surface area contributed by atoms with E-state index in [1.807, 2.05) is 0 Å². The van der Waals surface area contributed by atoms with Gasteiger partial charge in [0.2, 0.25) is 16.9 Å². The van der Waals surface area contributed by atoms with Gasteiger partial charge >= 0.3 is 0 Å². The number of hydrogen-bond acceptors (Lipinski definition) is 5. The van der Waals surface area contributed by atoms with Crippen LogP contribution in [-0.2, 0) is 9.59 Å². The Morgan fingerprint density at radius 3 is 2.92 bits per heavy atom. The van der Waals surface area contributed by atoms with E-state index < -0.39 is 11.8 Å². The molecule has 0 unspecified atom stereocenters. The topological polar surface area (TPSA) is 98.0 Å². The van der Waals surface area contributed by atoms with Crippen LogP contribution in [0.3, 0.4) is 0 Å². The standard InChI is InChI=1S/C5H6N4O2S/c6-3(10)1-4(11)8-5-9-7-2-12-5/h2H,1H2,(H2,6,10)(H,8,9,11). The molecule has 0 spiro atoms. The summed E-state index contributed by atoms with van der Waals surface area (Å²) in [5.41, 5.74) is 6.26. The molecule has 0 fully saturated rings. The van der Waals surface area contributed by atoms with Gasteiger partial charge in [-0.15, -0.1) is 10.2 Å². The van der Waals surface area contributed by atoms with E-state index in [0.29, 0.717) is 5.13 Å². The Hall–Kier alpha value is -1.50. The van der Waals surface area contributed by atoms with E-state index in [4.69, 9.17) is 5.73 Å². The molecule has 7 heteroatoms. The van der Waals surface area contributed by atoms with E-state index >= 15 is 0 Å². The lowest BCUT2D eigenvalue weighted by atomic mass is 10.4. The quantitative estimate of drug-likeness (QED) is 0.613. The molecule has 6 nitrogen and oxygen atoms in total. The number of carbonyl (C=O) groups excluding carboxylic acids is 2. The molecule has 0 atom stereocenters. The third-order valence-electron chi connectivity index (χ3n) is 0.941. The number of hydrogen-bond donors (Lipinski definition) is 2. The van der Waals surface area contributed by atoms with Crippen LogP contribution in [0.15, 0.2) is 5.51 Å². The fourth-order valence-electron chi connectivity index (χ4n) is 0.549. The van der Waals surface area contributed by atoms with Crippen LogP contribution in [0.4, 0.5) is 5.13 Å². The van der Waals surface area contributed by atoms with Gasteiger partial charge in [-0.1, -0.05) is 11.3 Å². The smallest absolute Gasteiger partial charge is 0.235 e. The highest BCUT2D eigenvalue weighted by Gasteiger charge is 2.07. The summed E-state index contributed by atoms with van der Waals surface area (Å²) < 4.78 is 0. The Balaban J connectivity index is 2.42. The van der Waals surface area contributed by atoms with E-state index in [2.05, 4.69) is 15.5 Å². The second-order valence-electron chi connectivity index (χ2n) is 1.94. The number of nitrogens with one attached hydrogen (secondary N) is 1. The number of nitrogens with zero attached hydrogens (tertiary/aromatic N) is 2. The van der Waals surface area contributed by atoms with Gasteiger partial charge in [0.25, 0.3) is 0 Å². The highest BCUT2D eigenvalue weighted by atomic mass is 32.1. The highest BCUT2D eigenvalue weighted by molar-refractivity contribution is 7.13. The molecule has 0 bridgehead atoms. The Morgan fingerprint density at radius 1 is 1.67 bits per heavy atom. The first-order valence-electron chi connectivity index (χ1n) is 3.03. The molecule has 0 aliphatic rings. The Bertz CT molecular complexity index is 284. The molecule has 0 aliphatic heterocycles. The first-order valence-corrected chi connectivity index (χ1v) is 3.91. The molecule has 1 rings (SSSR count). The van der Waals surface area contributed by atoms with Crippen molar-refractivity contribution in [1.29, 1.82) is 0 Å². The summed E-state index contributed by atoms with van der Waals surface area (Å²) in [5.74, 6) is -1.14. The maximum atomic E-state index is 10.8. The van der Waals surface area contributed by atoms with Gasteiger partial charge in [0, 0.05) is 0 Å². The van der Waals surface area contributed by atoms with Crippen LogP contribution in [0.1, 0.15) is 6.42 Å². The van der Waals surface area contributed by atoms with Crippen molar-refractivity contribution in [2.75, 3.05) is 5.32 Å². The first kappa shape index (κ1) is 8.60. The normalized spacial score (nSPS) is 9.33. The van der Waals surface area contributed by atoms with Crippen LogP contribution in [0, 0.1) is 0 Å². The number of primary amides is 1. The zero-order chi connectivity index (χ0) is 8.97. The molecule has 0 aromatic carbocycles. The molecule has 2 amide bonds. The Morgan fingerprint density at radius 2 is 2.42 bits per heavy atom. The van der Waals surface area contributed by atoms with Gasteiger partial charge in [-0.2, -0.15) is 0 Å². The van der Waals surface area contributed by atoms with Crippen LogP contribution in [-0.4, -0.2) is 22.0 Å². The summed E-state index contributed by atoms with van der Waals surface area (Å²) >= 11 is 1.17. The van der Waals surface area contributed by atoms with Crippen LogP contribution in [0.2, 0.25) is 0 Å². The average Bonchev–Trinajstić information content (AvgIpc) is 2.37. The van der Waals surface area contributed by atoms with E-state index in [1.165, 1.54) is 16.8 Å². The maximum absolute atomic E-state index is 10.8. The summed E-state index contributed by atoms with van der Waals surface area (Å²) in [5, 5.41) is 9.76. The summed E-state index contributed by atoms with van der Waals surface area (Å²) in [6.45, 7) is 0. The maximum Gasteiger partial charge on any atom is 0.235 e. The summed E-state index contributed by atoms with van der Waals surface area (Å²) in [7, 11) is 0. The van der Waals surface area contributed by atoms with Crippen molar-refractivity contribution in [3.63, 3.8) is 0 Å². The zero-order valence-electron chi connectivity index (χ0n) is 5.98. The van der Waals surface area contributed by atoms with Gasteiger partial charge in [-0.05, 0) is 0 Å². The van der Waals surface area contributed by atoms with Crippen molar-refractivity contribution >= 4 is 28.3 Å². The number of amides is 2. The van der Waals surface area contributed by atoms with E-state index in [9.17, 15) is 9.59 Å². The summed E-state index contributed by atoms with van der Waals surface area (Å²) in [4.78, 5) is 21.1. The van der Waals surface area contributed by atoms with Gasteiger partial charge in [0.05, 0.1) is 0 Å². The van der Waals surface area contributed by atoms with Crippen LogP contribution < -0.4 is 11.1 Å². The summed E-state index contributed by atoms with van der Waals surface area (Å²) in [6, 6.07) is 0. The van der Waals surface area contributed by atoms with Crippen LogP contribution in [0.5, 0.6) is 0 Å². The monoisotopic (exact) mass is 186 g/mol. The lowest BCUT2D eigenvalue weighted by Gasteiger charge is -1.95. The molecule has 0 saturated carbocycles. The van der Waals surface area contributed by atoms with Gasteiger partial charge in [0.1, 0.15) is 11.9 Å². The Labute approximate surface area is 71.8 Å². The highest BCUT2D eigenvalue weighted by Crippen LogP contribution is 2.07. The Kier molecular flexibility index (Phi) is 2.70. The largest absolute Gasteiger partial charge is 0.369 e. The molecule has 0 radical (unpaired) electrons. The fraction of sp³-hybridized carbons (Fsp3) is 0.200. The molecule has 12 heavy (non-hydrogen) atoms. The molecule has 64 valence electrons. The minimum atomic E-state index is -0.669. The van der Waals surface area contributed by atoms with Gasteiger partial charge in [-0.3, -0.25) is 9.59 Å².